The summed E-state index contributed by atoms with van der Waals surface area (Å²) >= 11 is 0. The minimum atomic E-state index is -0.873. The van der Waals surface area contributed by atoms with Crippen LogP contribution in [0.1, 0.15) is 0 Å². The summed E-state index contributed by atoms with van der Waals surface area (Å²) in [5.41, 5.74) is 0.165. The molecule has 0 aliphatic heterocycles. The van der Waals surface area contributed by atoms with Crippen LogP contribution in [0.25, 0.3) is 10.8 Å². The first-order chi connectivity index (χ1) is 7.20. The van der Waals surface area contributed by atoms with Gasteiger partial charge in [0.25, 0.3) is 0 Å². The first kappa shape index (κ1) is 11.9. The lowest BCUT2D eigenvalue weighted by molar-refractivity contribution is -0.540. The van der Waals surface area contributed by atoms with Gasteiger partial charge in [-0.3, -0.25) is 0 Å². The Morgan fingerprint density at radius 2 is 1.75 bits per heavy atom. The Labute approximate surface area is 91.4 Å². The molecule has 0 bridgehead atoms. The quantitative estimate of drug-likeness (QED) is 0.598. The van der Waals surface area contributed by atoms with Crippen molar-refractivity contribution < 1.29 is 10.2 Å². The fourth-order valence-corrected chi connectivity index (χ4v) is 1.47. The van der Waals surface area contributed by atoms with Crippen LogP contribution in [0.4, 0.5) is 5.69 Å². The van der Waals surface area contributed by atoms with E-state index in [1.54, 1.807) is 18.2 Å². The average molecular weight is 221 g/mol. The molecule has 16 heavy (non-hydrogen) atoms. The van der Waals surface area contributed by atoms with Gasteiger partial charge in [0.1, 0.15) is 5.69 Å². The van der Waals surface area contributed by atoms with Crippen molar-refractivity contribution in [2.45, 2.75) is 0 Å². The molecule has 0 aliphatic rings. The lowest BCUT2D eigenvalue weighted by Crippen LogP contribution is -2.25. The van der Waals surface area contributed by atoms with Crippen LogP contribution in [0.3, 0.4) is 0 Å². The molecule has 0 heterocycles. The van der Waals surface area contributed by atoms with Crippen molar-refractivity contribution in [2.75, 3.05) is 5.17 Å². The van der Waals surface area contributed by atoms with E-state index in [4.69, 9.17) is 0 Å². The fourth-order valence-electron chi connectivity index (χ4n) is 1.47. The molecule has 0 saturated heterocycles. The smallest absolute Gasteiger partial charge is 0.192 e. The molecular formula is C10H11N3O3. The number of hydrazine groups is 1. The molecular weight excluding hydrogens is 210 g/mol. The van der Waals surface area contributed by atoms with Crippen molar-refractivity contribution >= 4 is 16.5 Å². The van der Waals surface area contributed by atoms with Crippen LogP contribution < -0.4 is 11.3 Å². The second-order valence-electron chi connectivity index (χ2n) is 3.03. The van der Waals surface area contributed by atoms with Crippen LogP contribution in [0.15, 0.2) is 42.5 Å². The molecule has 0 radical (unpaired) electrons. The average Bonchev–Trinajstić information content (AvgIpc) is 2.27. The summed E-state index contributed by atoms with van der Waals surface area (Å²) in [6.45, 7) is 0. The molecule has 84 valence electrons. The minimum absolute atomic E-state index is 0. The molecule has 0 amide bonds. The zero-order chi connectivity index (χ0) is 10.8. The number of hydrogen-bond donors (Lipinski definition) is 2. The summed E-state index contributed by atoms with van der Waals surface area (Å²) in [7, 11) is 0. The molecule has 6 nitrogen and oxygen atoms in total. The van der Waals surface area contributed by atoms with Gasteiger partial charge in [-0.25, -0.2) is 15.3 Å². The van der Waals surface area contributed by atoms with Crippen LogP contribution in [0.5, 0.6) is 0 Å². The highest BCUT2D eigenvalue weighted by molar-refractivity contribution is 5.93. The monoisotopic (exact) mass is 221 g/mol. The van der Waals surface area contributed by atoms with Gasteiger partial charge in [0.2, 0.25) is 0 Å². The first-order valence-corrected chi connectivity index (χ1v) is 4.31. The molecule has 2 aromatic rings. The normalized spacial score (nSPS) is 9.56. The molecule has 0 spiro atoms. The number of benzene rings is 2. The van der Waals surface area contributed by atoms with E-state index in [-0.39, 0.29) is 17.0 Å². The number of rotatable bonds is 2. The topological polar surface area (TPSA) is 102 Å². The van der Waals surface area contributed by atoms with E-state index in [1.807, 2.05) is 18.2 Å². The van der Waals surface area contributed by atoms with Crippen molar-refractivity contribution in [3.8, 4) is 0 Å². The van der Waals surface area contributed by atoms with Crippen molar-refractivity contribution in [1.29, 1.82) is 0 Å². The maximum atomic E-state index is 10.4. The van der Waals surface area contributed by atoms with Crippen molar-refractivity contribution in [2.24, 2.45) is 0 Å². The maximum absolute atomic E-state index is 10.4. The SMILES string of the molecule is N.O=[N+]([O-])N(O)c1cccc2ccccc12. The maximum Gasteiger partial charge on any atom is 0.192 e. The van der Waals surface area contributed by atoms with Crippen LogP contribution >= 0.6 is 0 Å². The Kier molecular flexibility index (Phi) is 3.39. The Morgan fingerprint density at radius 1 is 1.12 bits per heavy atom. The van der Waals surface area contributed by atoms with Gasteiger partial charge in [0.05, 0.1) is 0 Å². The van der Waals surface area contributed by atoms with Gasteiger partial charge in [-0.05, 0) is 11.5 Å². The largest absolute Gasteiger partial charge is 0.344 e. The number of anilines is 1. The second-order valence-corrected chi connectivity index (χ2v) is 3.03. The molecule has 0 aromatic heterocycles. The van der Waals surface area contributed by atoms with E-state index in [1.165, 1.54) is 6.07 Å². The molecule has 0 fully saturated rings. The highest BCUT2D eigenvalue weighted by Crippen LogP contribution is 2.25. The number of nitrogens with zero attached hydrogens (tertiary/aromatic N) is 2. The lowest BCUT2D eigenvalue weighted by atomic mass is 10.1. The fraction of sp³-hybridized carbons (Fsp3) is 0. The van der Waals surface area contributed by atoms with Gasteiger partial charge in [-0.15, -0.1) is 0 Å². The van der Waals surface area contributed by atoms with Crippen LogP contribution in [0, 0.1) is 10.1 Å². The standard InChI is InChI=1S/C10H8N2O3.H3N/c13-11(12(14)15)10-7-3-5-8-4-1-2-6-9(8)10;/h1-7,13H;1H3. The van der Waals surface area contributed by atoms with Crippen LogP contribution in [-0.2, 0) is 0 Å². The molecule has 4 N–H and O–H groups in total. The predicted octanol–water partition coefficient (Wildman–Crippen LogP) is 2.39. The Bertz CT molecular complexity index is 510. The summed E-state index contributed by atoms with van der Waals surface area (Å²) in [5.74, 6) is 0. The number of fused-ring (bicyclic) bond motifs is 1. The highest BCUT2D eigenvalue weighted by Gasteiger charge is 2.16. The van der Waals surface area contributed by atoms with Crippen molar-refractivity contribution in [3.05, 3.63) is 52.6 Å². The van der Waals surface area contributed by atoms with Gasteiger partial charge >= 0.3 is 0 Å². The zero-order valence-electron chi connectivity index (χ0n) is 8.41. The summed E-state index contributed by atoms with van der Waals surface area (Å²) in [5, 5.41) is 20.3. The van der Waals surface area contributed by atoms with E-state index in [0.717, 1.165) is 5.39 Å². The van der Waals surface area contributed by atoms with E-state index < -0.39 is 5.03 Å². The zero-order valence-corrected chi connectivity index (χ0v) is 8.41. The summed E-state index contributed by atoms with van der Waals surface area (Å²) in [6, 6.07) is 12.1. The summed E-state index contributed by atoms with van der Waals surface area (Å²) in [6.07, 6.45) is 0. The van der Waals surface area contributed by atoms with E-state index >= 15 is 0 Å². The van der Waals surface area contributed by atoms with Gasteiger partial charge in [0.15, 0.2) is 5.03 Å². The molecule has 2 aromatic carbocycles. The first-order valence-electron chi connectivity index (χ1n) is 4.31. The van der Waals surface area contributed by atoms with Crippen LogP contribution in [0.2, 0.25) is 0 Å². The third kappa shape index (κ3) is 1.92. The molecule has 0 unspecified atom stereocenters. The van der Waals surface area contributed by atoms with Gasteiger partial charge in [-0.2, -0.15) is 0 Å². The Morgan fingerprint density at radius 3 is 2.44 bits per heavy atom. The van der Waals surface area contributed by atoms with Crippen molar-refractivity contribution in [3.63, 3.8) is 0 Å². The number of nitro groups is 1. The Hall–Kier alpha value is -2.18. The predicted molar refractivity (Wildman–Crippen MR) is 60.2 cm³/mol. The molecule has 0 aliphatic carbocycles. The number of hydrogen-bond acceptors (Lipinski definition) is 4. The van der Waals surface area contributed by atoms with E-state index in [2.05, 4.69) is 0 Å². The molecule has 2 rings (SSSR count). The van der Waals surface area contributed by atoms with Crippen molar-refractivity contribution in [1.82, 2.24) is 6.15 Å². The molecule has 0 atom stereocenters. The third-order valence-electron chi connectivity index (χ3n) is 2.14. The molecule has 6 heteroatoms. The second kappa shape index (κ2) is 4.56. The highest BCUT2D eigenvalue weighted by atomic mass is 16.8. The minimum Gasteiger partial charge on any atom is -0.344 e. The summed E-state index contributed by atoms with van der Waals surface area (Å²) < 4.78 is 0. The Balaban J connectivity index is 0.00000128. The van der Waals surface area contributed by atoms with E-state index in [9.17, 15) is 15.3 Å². The van der Waals surface area contributed by atoms with E-state index in [0.29, 0.717) is 5.39 Å². The third-order valence-corrected chi connectivity index (χ3v) is 2.14. The summed E-state index contributed by atoms with van der Waals surface area (Å²) in [4.78, 5) is 10.4. The van der Waals surface area contributed by atoms with Gasteiger partial charge in [0, 0.05) is 10.6 Å². The lowest BCUT2D eigenvalue weighted by Gasteiger charge is -2.08. The van der Waals surface area contributed by atoms with Gasteiger partial charge < -0.3 is 6.15 Å². The van der Waals surface area contributed by atoms with Gasteiger partial charge in [-0.1, -0.05) is 36.4 Å². The molecule has 0 saturated carbocycles. The van der Waals surface area contributed by atoms with Crippen LogP contribution in [-0.4, -0.2) is 10.2 Å².